The molecule has 0 unspecified atom stereocenters. The first-order valence-electron chi connectivity index (χ1n) is 9.36. The lowest BCUT2D eigenvalue weighted by Gasteiger charge is -2.28. The quantitative estimate of drug-likeness (QED) is 0.190. The Kier molecular flexibility index (Phi) is 20.5. The minimum atomic E-state index is -2.81. The second-order valence-corrected chi connectivity index (χ2v) is 8.34. The van der Waals surface area contributed by atoms with Gasteiger partial charge in [-0.2, -0.15) is 0 Å². The van der Waals surface area contributed by atoms with Crippen molar-refractivity contribution >= 4 is 8.80 Å². The molecule has 0 heterocycles. The maximum absolute atomic E-state index is 5.98. The maximum Gasteiger partial charge on any atom is 0.500 e. The Morgan fingerprint density at radius 2 is 0.741 bits per heavy atom. The highest BCUT2D eigenvalue weighted by Crippen LogP contribution is 2.15. The summed E-state index contributed by atoms with van der Waals surface area (Å²) in [4.78, 5) is 0. The van der Waals surface area contributed by atoms with Gasteiger partial charge in [0.1, 0.15) is 0 Å². The van der Waals surface area contributed by atoms with Crippen molar-refractivity contribution in [2.75, 3.05) is 101 Å². The van der Waals surface area contributed by atoms with Crippen LogP contribution in [0.3, 0.4) is 0 Å². The summed E-state index contributed by atoms with van der Waals surface area (Å²) in [5, 5.41) is 0. The Labute approximate surface area is 164 Å². The molecule has 0 bridgehead atoms. The number of methoxy groups -OCH3 is 3. The van der Waals surface area contributed by atoms with Crippen LogP contribution < -0.4 is 0 Å². The predicted octanol–water partition coefficient (Wildman–Crippen LogP) is 0.984. The normalized spacial score (nSPS) is 12.0. The van der Waals surface area contributed by atoms with Crippen molar-refractivity contribution in [1.82, 2.24) is 0 Å². The molecule has 0 spiro atoms. The van der Waals surface area contributed by atoms with Crippen molar-refractivity contribution in [3.63, 3.8) is 0 Å². The summed E-state index contributed by atoms with van der Waals surface area (Å²) < 4.78 is 49.1. The number of hydrogen-bond acceptors (Lipinski definition) is 9. The van der Waals surface area contributed by atoms with Gasteiger partial charge in [-0.25, -0.2) is 0 Å². The minimum absolute atomic E-state index is 0.402. The third kappa shape index (κ3) is 16.5. The van der Waals surface area contributed by atoms with Crippen LogP contribution in [0.25, 0.3) is 0 Å². The average molecular weight is 415 g/mol. The van der Waals surface area contributed by atoms with Gasteiger partial charge in [0.2, 0.25) is 0 Å². The van der Waals surface area contributed by atoms with E-state index < -0.39 is 8.80 Å². The first kappa shape index (κ1) is 26.9. The third-order valence-electron chi connectivity index (χ3n) is 3.38. The van der Waals surface area contributed by atoms with Crippen molar-refractivity contribution in [2.45, 2.75) is 13.0 Å². The van der Waals surface area contributed by atoms with E-state index in [0.29, 0.717) is 85.3 Å². The molecule has 0 aliphatic heterocycles. The monoisotopic (exact) mass is 414 g/mol. The van der Waals surface area contributed by atoms with Gasteiger partial charge in [0.25, 0.3) is 0 Å². The summed E-state index contributed by atoms with van der Waals surface area (Å²) in [7, 11) is 2.11. The standard InChI is InChI=1S/C17H38O9Si/c1-5-27(24-15-12-21-9-6-18-2,25-16-13-22-10-7-19-3)26-17-14-23-11-8-20-4/h5-17H2,1-4H3. The first-order valence-corrected chi connectivity index (χ1v) is 11.3. The Hall–Kier alpha value is -0.143. The van der Waals surface area contributed by atoms with Crippen LogP contribution in [0, 0.1) is 0 Å². The second kappa shape index (κ2) is 20.6. The van der Waals surface area contributed by atoms with E-state index in [1.165, 1.54) is 0 Å². The van der Waals surface area contributed by atoms with Gasteiger partial charge in [-0.15, -0.1) is 0 Å². The fourth-order valence-corrected chi connectivity index (χ4v) is 3.98. The molecule has 0 aromatic rings. The summed E-state index contributed by atoms with van der Waals surface area (Å²) in [6.45, 7) is 7.84. The molecular formula is C17H38O9Si. The van der Waals surface area contributed by atoms with Crippen molar-refractivity contribution in [3.05, 3.63) is 0 Å². The van der Waals surface area contributed by atoms with Gasteiger partial charge in [0.05, 0.1) is 79.3 Å². The van der Waals surface area contributed by atoms with E-state index in [2.05, 4.69) is 0 Å². The molecule has 10 heteroatoms. The number of hydrogen-bond donors (Lipinski definition) is 0. The van der Waals surface area contributed by atoms with Gasteiger partial charge in [-0.3, -0.25) is 0 Å². The Morgan fingerprint density at radius 1 is 0.444 bits per heavy atom. The lowest BCUT2D eigenvalue weighted by atomic mass is 10.7. The van der Waals surface area contributed by atoms with E-state index in [4.69, 9.17) is 41.7 Å². The summed E-state index contributed by atoms with van der Waals surface area (Å²) in [6, 6.07) is 0.654. The molecule has 0 saturated heterocycles. The van der Waals surface area contributed by atoms with Crippen molar-refractivity contribution < 1.29 is 41.7 Å². The van der Waals surface area contributed by atoms with Crippen LogP contribution in [0.2, 0.25) is 6.04 Å². The summed E-state index contributed by atoms with van der Waals surface area (Å²) in [5.41, 5.74) is 0. The van der Waals surface area contributed by atoms with Gasteiger partial charge >= 0.3 is 8.80 Å². The highest BCUT2D eigenvalue weighted by atomic mass is 28.4. The average Bonchev–Trinajstić information content (AvgIpc) is 2.69. The second-order valence-electron chi connectivity index (χ2n) is 5.40. The maximum atomic E-state index is 5.98. The zero-order valence-corrected chi connectivity index (χ0v) is 18.4. The van der Waals surface area contributed by atoms with Crippen LogP contribution in [-0.2, 0) is 41.7 Å². The molecule has 0 aliphatic rings. The molecule has 0 saturated carbocycles. The molecule has 0 radical (unpaired) electrons. The Bertz CT molecular complexity index is 257. The van der Waals surface area contributed by atoms with E-state index in [9.17, 15) is 0 Å². The van der Waals surface area contributed by atoms with E-state index in [1.807, 2.05) is 6.92 Å². The summed E-state index contributed by atoms with van der Waals surface area (Å²) >= 11 is 0. The van der Waals surface area contributed by atoms with Gasteiger partial charge in [0, 0.05) is 27.4 Å². The van der Waals surface area contributed by atoms with E-state index in [1.54, 1.807) is 21.3 Å². The lowest BCUT2D eigenvalue weighted by molar-refractivity contribution is -0.0105. The fraction of sp³-hybridized carbons (Fsp3) is 1.00. The zero-order chi connectivity index (χ0) is 20.1. The van der Waals surface area contributed by atoms with Crippen molar-refractivity contribution in [2.24, 2.45) is 0 Å². The molecule has 9 nitrogen and oxygen atoms in total. The molecule has 0 atom stereocenters. The van der Waals surface area contributed by atoms with Crippen LogP contribution in [-0.4, -0.2) is 109 Å². The van der Waals surface area contributed by atoms with Crippen molar-refractivity contribution in [1.29, 1.82) is 0 Å². The van der Waals surface area contributed by atoms with Gasteiger partial charge in [0.15, 0.2) is 0 Å². The van der Waals surface area contributed by atoms with Gasteiger partial charge < -0.3 is 41.7 Å². The van der Waals surface area contributed by atoms with Crippen molar-refractivity contribution in [3.8, 4) is 0 Å². The van der Waals surface area contributed by atoms with Crippen LogP contribution in [0.4, 0.5) is 0 Å². The highest BCUT2D eigenvalue weighted by molar-refractivity contribution is 6.60. The van der Waals surface area contributed by atoms with Crippen LogP contribution in [0.15, 0.2) is 0 Å². The Balaban J connectivity index is 4.23. The van der Waals surface area contributed by atoms with Crippen LogP contribution in [0.1, 0.15) is 6.92 Å². The minimum Gasteiger partial charge on any atom is -0.382 e. The smallest absolute Gasteiger partial charge is 0.382 e. The first-order chi connectivity index (χ1) is 13.2. The third-order valence-corrected chi connectivity index (χ3v) is 6.18. The predicted molar refractivity (Wildman–Crippen MR) is 102 cm³/mol. The highest BCUT2D eigenvalue weighted by Gasteiger charge is 2.39. The molecule has 27 heavy (non-hydrogen) atoms. The van der Waals surface area contributed by atoms with Crippen LogP contribution in [0.5, 0.6) is 0 Å². The molecule has 0 N–H and O–H groups in total. The molecule has 0 amide bonds. The molecule has 0 fully saturated rings. The largest absolute Gasteiger partial charge is 0.500 e. The summed E-state index contributed by atoms with van der Waals surface area (Å²) in [6.07, 6.45) is 0. The molecule has 164 valence electrons. The molecule has 0 aliphatic carbocycles. The topological polar surface area (TPSA) is 83.1 Å². The van der Waals surface area contributed by atoms with E-state index in [-0.39, 0.29) is 0 Å². The van der Waals surface area contributed by atoms with Crippen LogP contribution >= 0.6 is 0 Å². The van der Waals surface area contributed by atoms with E-state index >= 15 is 0 Å². The van der Waals surface area contributed by atoms with Gasteiger partial charge in [-0.05, 0) is 0 Å². The molecule has 0 aromatic carbocycles. The Morgan fingerprint density at radius 3 is 1.00 bits per heavy atom. The fourth-order valence-electron chi connectivity index (χ4n) is 1.93. The SMILES string of the molecule is CC[Si](OCCOCCOC)(OCCOCCOC)OCCOCCOC. The summed E-state index contributed by atoms with van der Waals surface area (Å²) in [5.74, 6) is 0. The zero-order valence-electron chi connectivity index (χ0n) is 17.4. The molecule has 0 rings (SSSR count). The number of rotatable bonds is 22. The van der Waals surface area contributed by atoms with E-state index in [0.717, 1.165) is 0 Å². The lowest BCUT2D eigenvalue weighted by Crippen LogP contribution is -2.47. The van der Waals surface area contributed by atoms with Gasteiger partial charge in [-0.1, -0.05) is 6.92 Å². The molecular weight excluding hydrogens is 376 g/mol. The number of ether oxygens (including phenoxy) is 6. The molecule has 0 aromatic heterocycles.